The van der Waals surface area contributed by atoms with Crippen LogP contribution in [0.1, 0.15) is 62.6 Å². The molecule has 0 radical (unpaired) electrons. The number of hydrogen-bond acceptors (Lipinski definition) is 3. The molecule has 0 saturated carbocycles. The molecule has 3 rings (SSSR count). The zero-order valence-corrected chi connectivity index (χ0v) is 20.2. The molecular weight excluding hydrogens is 474 g/mol. The van der Waals surface area contributed by atoms with Gasteiger partial charge in [0.05, 0.1) is 16.5 Å². The van der Waals surface area contributed by atoms with Crippen LogP contribution in [0.3, 0.4) is 0 Å². The highest BCUT2D eigenvalue weighted by Gasteiger charge is 2.44. The molecule has 1 aromatic rings. The summed E-state index contributed by atoms with van der Waals surface area (Å²) in [6.45, 7) is 7.33. The van der Waals surface area contributed by atoms with Crippen molar-refractivity contribution in [3.8, 4) is 0 Å². The van der Waals surface area contributed by atoms with Crippen molar-refractivity contribution < 1.29 is 35.9 Å². The minimum absolute atomic E-state index is 0.0978. The largest absolute Gasteiger partial charge is 0.416 e. The Balaban J connectivity index is 1.73. The van der Waals surface area contributed by atoms with Gasteiger partial charge >= 0.3 is 12.4 Å². The van der Waals surface area contributed by atoms with Crippen molar-refractivity contribution in [2.45, 2.75) is 64.8 Å². The summed E-state index contributed by atoms with van der Waals surface area (Å²) in [5.74, 6) is 0.555. The van der Waals surface area contributed by atoms with E-state index in [2.05, 4.69) is 24.1 Å². The van der Waals surface area contributed by atoms with Crippen molar-refractivity contribution in [3.63, 3.8) is 0 Å². The second kappa shape index (κ2) is 11.1. The molecule has 2 heterocycles. The summed E-state index contributed by atoms with van der Waals surface area (Å²) in [5.41, 5.74) is -3.69. The number of nitrogens with zero attached hydrogens (tertiary/aromatic N) is 1. The lowest BCUT2D eigenvalue weighted by atomic mass is 9.79. The van der Waals surface area contributed by atoms with E-state index in [1.54, 1.807) is 0 Å². The number of halogens is 6. The van der Waals surface area contributed by atoms with Crippen LogP contribution in [0.25, 0.3) is 0 Å². The average Bonchev–Trinajstić information content (AvgIpc) is 3.19. The number of rotatable bonds is 8. The van der Waals surface area contributed by atoms with Crippen molar-refractivity contribution in [1.82, 2.24) is 10.2 Å². The predicted octanol–water partition coefficient (Wildman–Crippen LogP) is 5.90. The lowest BCUT2D eigenvalue weighted by molar-refractivity contribution is -0.143. The van der Waals surface area contributed by atoms with Crippen LogP contribution in [0.4, 0.5) is 26.3 Å². The number of likely N-dealkylation sites (tertiary alicyclic amines) is 1. The van der Waals surface area contributed by atoms with Crippen LogP contribution in [0.2, 0.25) is 0 Å². The maximum Gasteiger partial charge on any atom is 0.416 e. The van der Waals surface area contributed by atoms with Crippen molar-refractivity contribution >= 4 is 5.91 Å². The van der Waals surface area contributed by atoms with Crippen molar-refractivity contribution in [2.75, 3.05) is 32.8 Å². The zero-order valence-electron chi connectivity index (χ0n) is 20.2. The lowest BCUT2D eigenvalue weighted by Crippen LogP contribution is -2.43. The molecule has 1 aromatic carbocycles. The van der Waals surface area contributed by atoms with E-state index in [-0.39, 0.29) is 17.5 Å². The summed E-state index contributed by atoms with van der Waals surface area (Å²) in [4.78, 5) is 15.6. The molecule has 1 unspecified atom stereocenters. The molecule has 1 N–H and O–H groups in total. The highest BCUT2D eigenvalue weighted by molar-refractivity contribution is 5.83. The third kappa shape index (κ3) is 7.59. The molecule has 10 heteroatoms. The highest BCUT2D eigenvalue weighted by Crippen LogP contribution is 2.39. The summed E-state index contributed by atoms with van der Waals surface area (Å²) in [5, 5.41) is 2.67. The fourth-order valence-corrected chi connectivity index (χ4v) is 4.97. The molecule has 2 fully saturated rings. The normalized spacial score (nSPS) is 22.7. The standard InChI is InChI=1S/C25H34F6N2O2/c1-17(2)3-6-23(7-8-33(16-23)15-18-4-9-35-10-5-18)22(34)32-14-19-11-20(24(26,27)28)13-21(12-19)25(29,30)31/h11-13,17-18H,3-10,14-16H2,1-2H3,(H,32,34). The molecule has 2 saturated heterocycles. The molecule has 0 bridgehead atoms. The van der Waals surface area contributed by atoms with Crippen molar-refractivity contribution in [2.24, 2.45) is 17.3 Å². The van der Waals surface area contributed by atoms with Gasteiger partial charge in [-0.15, -0.1) is 0 Å². The number of amides is 1. The van der Waals surface area contributed by atoms with E-state index in [1.165, 1.54) is 0 Å². The Morgan fingerprint density at radius 2 is 1.69 bits per heavy atom. The maximum atomic E-state index is 13.4. The first-order chi connectivity index (χ1) is 16.3. The Kier molecular flexibility index (Phi) is 8.78. The second-order valence-electron chi connectivity index (χ2n) is 10.4. The fourth-order valence-electron chi connectivity index (χ4n) is 4.97. The third-order valence-corrected chi connectivity index (χ3v) is 7.07. The van der Waals surface area contributed by atoms with Crippen LogP contribution in [0.5, 0.6) is 0 Å². The molecular formula is C25H34F6N2O2. The summed E-state index contributed by atoms with van der Waals surface area (Å²) in [6.07, 6.45) is -5.86. The monoisotopic (exact) mass is 508 g/mol. The average molecular weight is 509 g/mol. The van der Waals surface area contributed by atoms with Gasteiger partial charge < -0.3 is 15.0 Å². The number of carbonyl (C=O) groups excluding carboxylic acids is 1. The van der Waals surface area contributed by atoms with E-state index in [0.717, 1.165) is 45.6 Å². The van der Waals surface area contributed by atoms with Gasteiger partial charge in [-0.05, 0) is 74.2 Å². The Morgan fingerprint density at radius 3 is 2.23 bits per heavy atom. The Hall–Kier alpha value is -1.81. The summed E-state index contributed by atoms with van der Waals surface area (Å²) < 4.78 is 84.5. The van der Waals surface area contributed by atoms with E-state index in [0.29, 0.717) is 43.4 Å². The summed E-state index contributed by atoms with van der Waals surface area (Å²) in [6, 6.07) is 1.44. The number of carbonyl (C=O) groups is 1. The molecule has 0 spiro atoms. The topological polar surface area (TPSA) is 41.6 Å². The third-order valence-electron chi connectivity index (χ3n) is 7.07. The number of nitrogens with one attached hydrogen (secondary N) is 1. The van der Waals surface area contributed by atoms with Gasteiger partial charge in [-0.1, -0.05) is 13.8 Å². The number of hydrogen-bond donors (Lipinski definition) is 1. The fraction of sp³-hybridized carbons (Fsp3) is 0.720. The molecule has 2 aliphatic rings. The van der Waals surface area contributed by atoms with Gasteiger partial charge in [0.25, 0.3) is 0 Å². The molecule has 2 aliphatic heterocycles. The maximum absolute atomic E-state index is 13.4. The van der Waals surface area contributed by atoms with Crippen LogP contribution >= 0.6 is 0 Å². The van der Waals surface area contributed by atoms with Gasteiger partial charge in [-0.2, -0.15) is 26.3 Å². The summed E-state index contributed by atoms with van der Waals surface area (Å²) in [7, 11) is 0. The number of alkyl halides is 6. The molecule has 0 aromatic heterocycles. The van der Waals surface area contributed by atoms with Gasteiger partial charge in [0.15, 0.2) is 0 Å². The number of ether oxygens (including phenoxy) is 1. The Labute approximate surface area is 202 Å². The van der Waals surface area contributed by atoms with E-state index in [4.69, 9.17) is 4.74 Å². The first kappa shape index (κ1) is 27.8. The SMILES string of the molecule is CC(C)CCC1(C(=O)NCc2cc(C(F)(F)F)cc(C(F)(F)F)c2)CCN(CC2CCOCC2)C1. The zero-order chi connectivity index (χ0) is 25.9. The van der Waals surface area contributed by atoms with Gasteiger partial charge in [0, 0.05) is 32.8 Å². The molecule has 1 atom stereocenters. The molecule has 4 nitrogen and oxygen atoms in total. The van der Waals surface area contributed by atoms with Crippen molar-refractivity contribution in [1.29, 1.82) is 0 Å². The molecule has 198 valence electrons. The second-order valence-corrected chi connectivity index (χ2v) is 10.4. The van der Waals surface area contributed by atoms with Crippen molar-refractivity contribution in [3.05, 3.63) is 34.9 Å². The Morgan fingerprint density at radius 1 is 1.09 bits per heavy atom. The van der Waals surface area contributed by atoms with Gasteiger partial charge in [0.2, 0.25) is 5.91 Å². The van der Waals surface area contributed by atoms with E-state index >= 15 is 0 Å². The van der Waals surface area contributed by atoms with Gasteiger partial charge in [-0.3, -0.25) is 4.79 Å². The smallest absolute Gasteiger partial charge is 0.381 e. The molecule has 35 heavy (non-hydrogen) atoms. The lowest BCUT2D eigenvalue weighted by Gasteiger charge is -2.31. The van der Waals surface area contributed by atoms with Crippen LogP contribution in [0, 0.1) is 17.3 Å². The highest BCUT2D eigenvalue weighted by atomic mass is 19.4. The van der Waals surface area contributed by atoms with Gasteiger partial charge in [-0.25, -0.2) is 0 Å². The molecule has 1 amide bonds. The predicted molar refractivity (Wildman–Crippen MR) is 119 cm³/mol. The van der Waals surface area contributed by atoms with Crippen LogP contribution in [0.15, 0.2) is 18.2 Å². The van der Waals surface area contributed by atoms with Crippen LogP contribution in [-0.2, 0) is 28.4 Å². The first-order valence-electron chi connectivity index (χ1n) is 12.2. The molecule has 0 aliphatic carbocycles. The first-order valence-corrected chi connectivity index (χ1v) is 12.2. The van der Waals surface area contributed by atoms with Crippen LogP contribution in [-0.4, -0.2) is 43.7 Å². The quantitative estimate of drug-likeness (QED) is 0.445. The minimum Gasteiger partial charge on any atom is -0.381 e. The van der Waals surface area contributed by atoms with Crippen LogP contribution < -0.4 is 5.32 Å². The van der Waals surface area contributed by atoms with Gasteiger partial charge in [0.1, 0.15) is 0 Å². The van der Waals surface area contributed by atoms with E-state index in [1.807, 2.05) is 0 Å². The number of benzene rings is 1. The Bertz CT molecular complexity index is 832. The van der Waals surface area contributed by atoms with E-state index < -0.39 is 35.4 Å². The minimum atomic E-state index is -4.92. The van der Waals surface area contributed by atoms with E-state index in [9.17, 15) is 31.1 Å². The summed E-state index contributed by atoms with van der Waals surface area (Å²) >= 11 is 0.